The van der Waals surface area contributed by atoms with Crippen LogP contribution in [0.15, 0.2) is 107 Å². The molecule has 4 saturated heterocycles. The molecule has 396 valence electrons. The summed E-state index contributed by atoms with van der Waals surface area (Å²) in [7, 11) is 3.36. The van der Waals surface area contributed by atoms with Crippen LogP contribution in [0, 0.1) is 0 Å². The summed E-state index contributed by atoms with van der Waals surface area (Å²) in [6, 6.07) is 24.7. The van der Waals surface area contributed by atoms with Crippen LogP contribution >= 0.6 is 0 Å². The summed E-state index contributed by atoms with van der Waals surface area (Å²) in [4.78, 5) is 74.1. The number of piperazine rings is 2. The van der Waals surface area contributed by atoms with Crippen molar-refractivity contribution in [1.82, 2.24) is 59.1 Å². The predicted octanol–water partition coefficient (Wildman–Crippen LogP) is 5.03. The van der Waals surface area contributed by atoms with Crippen molar-refractivity contribution < 1.29 is 19.0 Å². The van der Waals surface area contributed by atoms with Gasteiger partial charge in [0.15, 0.2) is 0 Å². The third kappa shape index (κ3) is 14.3. The average molecular weight is 1020 g/mol. The topological polar surface area (TPSA) is 194 Å². The van der Waals surface area contributed by atoms with E-state index >= 15 is 0 Å². The van der Waals surface area contributed by atoms with Crippen molar-refractivity contribution in [1.29, 1.82) is 0 Å². The van der Waals surface area contributed by atoms with Crippen LogP contribution in [-0.4, -0.2) is 156 Å². The normalized spacial score (nSPS) is 17.3. The van der Waals surface area contributed by atoms with Crippen molar-refractivity contribution in [3.63, 3.8) is 0 Å². The standard InChI is InChI=1S/C30H39N7O4.C25H31N7O2/c1-30(2,3)41-29(39)37-17-15-35(16-18-37)20-22-5-7-23(8-6-22)36-13-10-24(11-14-36)40-28-33-26(19-27(38)34(28)4)25-9-12-31-21-32-25;1-30-24(33)16-23(22-6-9-27-18-28-22)29-25(30)34-21-7-12-32(13-8-21)20-4-2-19(3-5-20)17-31-14-10-26-11-15-31/h5-9,12,19,21,24H,10-11,13-18,20H2,1-4H3;2-6,9,16,18,21,26H,7-8,10-15,17H2,1H3. The Bertz CT molecular complexity index is 2910. The number of ether oxygens (including phenoxy) is 3. The molecule has 0 atom stereocenters. The second-order valence-corrected chi connectivity index (χ2v) is 20.5. The first kappa shape index (κ1) is 52.6. The van der Waals surface area contributed by atoms with E-state index in [-0.39, 0.29) is 29.4 Å². The Kier molecular flexibility index (Phi) is 17.1. The number of nitrogens with zero attached hydrogens (tertiary/aromatic N) is 13. The molecule has 0 radical (unpaired) electrons. The summed E-state index contributed by atoms with van der Waals surface area (Å²) in [5, 5.41) is 3.40. The quantitative estimate of drug-likeness (QED) is 0.171. The maximum atomic E-state index is 12.5. The Hall–Kier alpha value is -7.29. The average Bonchev–Trinajstić information content (AvgIpc) is 3.43. The first-order valence-electron chi connectivity index (χ1n) is 26.1. The van der Waals surface area contributed by atoms with Crippen molar-refractivity contribution in [3.05, 3.63) is 130 Å². The number of piperidine rings is 2. The number of amides is 1. The maximum Gasteiger partial charge on any atom is 0.410 e. The van der Waals surface area contributed by atoms with Crippen LogP contribution in [0.5, 0.6) is 12.0 Å². The molecule has 0 bridgehead atoms. The lowest BCUT2D eigenvalue weighted by Gasteiger charge is -2.36. The van der Waals surface area contributed by atoms with E-state index in [9.17, 15) is 14.4 Å². The molecule has 8 heterocycles. The van der Waals surface area contributed by atoms with Gasteiger partial charge in [-0.1, -0.05) is 24.3 Å². The molecule has 4 aromatic heterocycles. The van der Waals surface area contributed by atoms with Crippen LogP contribution in [-0.2, 0) is 31.9 Å². The molecular weight excluding hydrogens is 953 g/mol. The van der Waals surface area contributed by atoms with Crippen LogP contribution in [0.25, 0.3) is 22.8 Å². The Morgan fingerprint density at radius 1 is 0.573 bits per heavy atom. The summed E-state index contributed by atoms with van der Waals surface area (Å²) >= 11 is 0. The molecule has 10 rings (SSSR count). The highest BCUT2D eigenvalue weighted by Gasteiger charge is 2.28. The van der Waals surface area contributed by atoms with Gasteiger partial charge < -0.3 is 34.2 Å². The van der Waals surface area contributed by atoms with Gasteiger partial charge in [0.2, 0.25) is 0 Å². The molecule has 4 aliphatic heterocycles. The molecule has 0 aliphatic carbocycles. The van der Waals surface area contributed by atoms with E-state index in [2.05, 4.69) is 103 Å². The fraction of sp³-hybridized carbons (Fsp3) is 0.473. The third-order valence-corrected chi connectivity index (χ3v) is 14.0. The van der Waals surface area contributed by atoms with Gasteiger partial charge >= 0.3 is 6.09 Å². The predicted molar refractivity (Wildman–Crippen MR) is 287 cm³/mol. The Morgan fingerprint density at radius 2 is 1.00 bits per heavy atom. The summed E-state index contributed by atoms with van der Waals surface area (Å²) in [5.41, 5.74) is 6.40. The van der Waals surface area contributed by atoms with Crippen LogP contribution in [0.4, 0.5) is 16.2 Å². The van der Waals surface area contributed by atoms with Gasteiger partial charge in [0.1, 0.15) is 30.5 Å². The molecule has 4 aliphatic rings. The van der Waals surface area contributed by atoms with Gasteiger partial charge in [-0.25, -0.2) is 24.7 Å². The fourth-order valence-corrected chi connectivity index (χ4v) is 9.58. The van der Waals surface area contributed by atoms with Gasteiger partial charge in [0.25, 0.3) is 23.1 Å². The smallest absolute Gasteiger partial charge is 0.410 e. The molecule has 6 aromatic rings. The molecule has 4 fully saturated rings. The zero-order valence-electron chi connectivity index (χ0n) is 43.9. The highest BCUT2D eigenvalue weighted by molar-refractivity contribution is 5.68. The third-order valence-electron chi connectivity index (χ3n) is 14.0. The molecule has 20 heteroatoms. The summed E-state index contributed by atoms with van der Waals surface area (Å²) < 4.78 is 20.8. The van der Waals surface area contributed by atoms with Crippen molar-refractivity contribution in [2.75, 3.05) is 88.3 Å². The molecular formula is C55H70N14O6. The molecule has 0 unspecified atom stereocenters. The molecule has 2 aromatic carbocycles. The number of anilines is 2. The number of nitrogens with one attached hydrogen (secondary N) is 1. The lowest BCUT2D eigenvalue weighted by molar-refractivity contribution is 0.0139. The number of rotatable bonds is 12. The van der Waals surface area contributed by atoms with E-state index in [0.717, 1.165) is 104 Å². The van der Waals surface area contributed by atoms with Crippen molar-refractivity contribution >= 4 is 17.5 Å². The molecule has 1 N–H and O–H groups in total. The molecule has 75 heavy (non-hydrogen) atoms. The minimum absolute atomic E-state index is 0.0157. The lowest BCUT2D eigenvalue weighted by atomic mass is 10.1. The SMILES string of the molecule is Cn1c(OC2CCN(c3ccc(CN4CCN(C(=O)OC(C)(C)C)CC4)cc3)CC2)nc(-c2ccncn2)cc1=O.Cn1c(OC2CCN(c3ccc(CN4CCNCC4)cc3)CC2)nc(-c2ccncn2)cc1=O. The van der Waals surface area contributed by atoms with Gasteiger partial charge in [-0.3, -0.25) is 28.5 Å². The summed E-state index contributed by atoms with van der Waals surface area (Å²) in [6.45, 7) is 18.5. The van der Waals surface area contributed by atoms with Crippen LogP contribution in [0.3, 0.4) is 0 Å². The minimum Gasteiger partial charge on any atom is -0.461 e. The van der Waals surface area contributed by atoms with E-state index in [0.29, 0.717) is 47.9 Å². The lowest BCUT2D eigenvalue weighted by Crippen LogP contribution is -2.49. The van der Waals surface area contributed by atoms with Gasteiger partial charge in [-0.05, 0) is 68.3 Å². The first-order valence-corrected chi connectivity index (χ1v) is 26.1. The summed E-state index contributed by atoms with van der Waals surface area (Å²) in [6.07, 6.45) is 9.31. The number of benzene rings is 2. The molecule has 20 nitrogen and oxygen atoms in total. The van der Waals surface area contributed by atoms with E-state index in [1.807, 2.05) is 20.8 Å². The second-order valence-electron chi connectivity index (χ2n) is 20.5. The highest BCUT2D eigenvalue weighted by Crippen LogP contribution is 2.27. The van der Waals surface area contributed by atoms with Gasteiger partial charge in [0, 0.05) is 167 Å². The van der Waals surface area contributed by atoms with Gasteiger partial charge in [-0.15, -0.1) is 0 Å². The van der Waals surface area contributed by atoms with Crippen LogP contribution in [0.2, 0.25) is 0 Å². The molecule has 1 amide bonds. The monoisotopic (exact) mass is 1020 g/mol. The van der Waals surface area contributed by atoms with E-state index < -0.39 is 5.60 Å². The van der Waals surface area contributed by atoms with Gasteiger partial charge in [-0.2, -0.15) is 9.97 Å². The van der Waals surface area contributed by atoms with E-state index in [1.165, 1.54) is 56.4 Å². The number of hydrogen-bond donors (Lipinski definition) is 1. The Morgan fingerprint density at radius 3 is 1.40 bits per heavy atom. The molecule has 0 saturated carbocycles. The number of carbonyl (C=O) groups is 1. The Balaban J connectivity index is 0.000000187. The fourth-order valence-electron chi connectivity index (χ4n) is 9.58. The van der Waals surface area contributed by atoms with Crippen LogP contribution in [0.1, 0.15) is 57.6 Å². The van der Waals surface area contributed by atoms with Crippen molar-refractivity contribution in [2.24, 2.45) is 14.1 Å². The van der Waals surface area contributed by atoms with Crippen LogP contribution < -0.4 is 35.7 Å². The first-order chi connectivity index (χ1) is 36.3. The number of aromatic nitrogens is 8. The Labute approximate surface area is 438 Å². The summed E-state index contributed by atoms with van der Waals surface area (Å²) in [5.74, 6) is 0. The van der Waals surface area contributed by atoms with E-state index in [1.54, 1.807) is 43.5 Å². The molecule has 0 spiro atoms. The minimum atomic E-state index is -0.472. The van der Waals surface area contributed by atoms with Gasteiger partial charge in [0.05, 0.1) is 22.8 Å². The largest absolute Gasteiger partial charge is 0.461 e. The highest BCUT2D eigenvalue weighted by atomic mass is 16.6. The van der Waals surface area contributed by atoms with Crippen molar-refractivity contribution in [2.45, 2.75) is 77.4 Å². The maximum absolute atomic E-state index is 12.5. The second kappa shape index (κ2) is 24.4. The zero-order chi connectivity index (χ0) is 52.3. The number of hydrogen-bond acceptors (Lipinski definition) is 17. The number of carbonyl (C=O) groups excluding carboxylic acids is 1. The van der Waals surface area contributed by atoms with E-state index in [4.69, 9.17) is 14.2 Å². The van der Waals surface area contributed by atoms with Crippen molar-refractivity contribution in [3.8, 4) is 34.8 Å². The zero-order valence-corrected chi connectivity index (χ0v) is 43.9.